The zero-order valence-electron chi connectivity index (χ0n) is 39.2. The molecule has 326 valence electrons. The van der Waals surface area contributed by atoms with E-state index < -0.39 is 5.41 Å². The SMILES string of the molecule is CC1(C)c2ccccc2-c2ccc(N(c3ccc4c(c3)C(C)(C)c3ccccc3-4)c3ccc4c(c3)C3(c5ccccc5-c5ccccc53)c3cc(-n5c6ccccc6c6ccccc65)ccc3-4)cc21. The van der Waals surface area contributed by atoms with Crippen LogP contribution in [0, 0.1) is 0 Å². The molecule has 0 bridgehead atoms. The highest BCUT2D eigenvalue weighted by molar-refractivity contribution is 6.09. The molecule has 0 atom stereocenters. The van der Waals surface area contributed by atoms with Crippen molar-refractivity contribution in [1.29, 1.82) is 0 Å². The van der Waals surface area contributed by atoms with Crippen LogP contribution in [0.1, 0.15) is 72.2 Å². The third kappa shape index (κ3) is 4.91. The van der Waals surface area contributed by atoms with E-state index in [1.807, 2.05) is 0 Å². The molecule has 2 nitrogen and oxygen atoms in total. The molecule has 1 heterocycles. The van der Waals surface area contributed by atoms with Crippen molar-refractivity contribution in [2.24, 2.45) is 0 Å². The van der Waals surface area contributed by atoms with E-state index in [-0.39, 0.29) is 10.8 Å². The van der Waals surface area contributed by atoms with Crippen LogP contribution in [0.25, 0.3) is 72.0 Å². The van der Waals surface area contributed by atoms with Gasteiger partial charge in [-0.15, -0.1) is 0 Å². The monoisotopic (exact) mass is 880 g/mol. The van der Waals surface area contributed by atoms with Crippen LogP contribution >= 0.6 is 0 Å². The minimum absolute atomic E-state index is 0.149. The fraction of sp³-hybridized carbons (Fsp3) is 0.104. The second kappa shape index (κ2) is 13.5. The summed E-state index contributed by atoms with van der Waals surface area (Å²) < 4.78 is 2.48. The molecule has 1 aromatic heterocycles. The molecule has 69 heavy (non-hydrogen) atoms. The van der Waals surface area contributed by atoms with Gasteiger partial charge in [0.15, 0.2) is 0 Å². The highest BCUT2D eigenvalue weighted by Crippen LogP contribution is 2.64. The van der Waals surface area contributed by atoms with E-state index in [4.69, 9.17) is 0 Å². The Hall–Kier alpha value is -8.20. The molecule has 0 radical (unpaired) electrons. The molecule has 0 saturated carbocycles. The number of fused-ring (bicyclic) bond motifs is 19. The average Bonchev–Trinajstić information content (AvgIpc) is 4.11. The Morgan fingerprint density at radius 2 is 0.623 bits per heavy atom. The molecule has 0 aliphatic heterocycles. The van der Waals surface area contributed by atoms with E-state index in [0.717, 1.165) is 17.1 Å². The van der Waals surface area contributed by atoms with E-state index in [1.165, 1.54) is 117 Å². The molecule has 0 N–H and O–H groups in total. The van der Waals surface area contributed by atoms with Crippen molar-refractivity contribution in [2.45, 2.75) is 43.9 Å². The van der Waals surface area contributed by atoms with Gasteiger partial charge in [-0.1, -0.05) is 185 Å². The van der Waals surface area contributed by atoms with Gasteiger partial charge in [-0.2, -0.15) is 0 Å². The second-order valence-corrected chi connectivity index (χ2v) is 20.8. The molecule has 0 saturated heterocycles. The molecule has 2 heteroatoms. The van der Waals surface area contributed by atoms with Crippen molar-refractivity contribution in [3.63, 3.8) is 0 Å². The Morgan fingerprint density at radius 3 is 1.10 bits per heavy atom. The Balaban J connectivity index is 0.993. The first-order valence-electron chi connectivity index (χ1n) is 24.5. The zero-order valence-corrected chi connectivity index (χ0v) is 39.2. The number of anilines is 3. The molecule has 4 aliphatic carbocycles. The van der Waals surface area contributed by atoms with Crippen LogP contribution < -0.4 is 4.90 Å². The summed E-state index contributed by atoms with van der Waals surface area (Å²) in [5.41, 5.74) is 27.5. The average molecular weight is 881 g/mol. The predicted octanol–water partition coefficient (Wildman–Crippen LogP) is 17.2. The van der Waals surface area contributed by atoms with Gasteiger partial charge in [-0.25, -0.2) is 0 Å². The quantitative estimate of drug-likeness (QED) is 0.171. The van der Waals surface area contributed by atoms with Gasteiger partial charge in [-0.3, -0.25) is 0 Å². The fourth-order valence-corrected chi connectivity index (χ4v) is 13.7. The van der Waals surface area contributed by atoms with Crippen molar-refractivity contribution >= 4 is 38.9 Å². The molecule has 0 amide bonds. The predicted molar refractivity (Wildman–Crippen MR) is 287 cm³/mol. The fourth-order valence-electron chi connectivity index (χ4n) is 13.7. The summed E-state index contributed by atoms with van der Waals surface area (Å²) in [6, 6.07) is 83.1. The minimum atomic E-state index is -0.558. The number of para-hydroxylation sites is 2. The molecule has 1 spiro atoms. The van der Waals surface area contributed by atoms with Gasteiger partial charge in [0.05, 0.1) is 16.4 Å². The molecule has 10 aromatic carbocycles. The molecule has 15 rings (SSSR count). The second-order valence-electron chi connectivity index (χ2n) is 20.8. The van der Waals surface area contributed by atoms with Crippen molar-refractivity contribution in [3.8, 4) is 50.2 Å². The third-order valence-corrected chi connectivity index (χ3v) is 16.8. The smallest absolute Gasteiger partial charge is 0.0727 e. The Kier molecular flexibility index (Phi) is 7.60. The standard InChI is InChI=1S/C67H48N2/c1-65(2)55-23-11-5-17-45(55)49-33-29-41(37-59(49)65)68(42-30-34-50-46-18-6-12-24-56(46)66(3,4)60(50)38-42)43-31-35-51-52-36-32-44(69-63-27-15-9-21-53(63)54-22-10-16-28-64(54)69)40-62(52)67(61(51)39-43)57-25-13-7-19-47(57)48-20-8-14-26-58(48)67/h5-40H,1-4H3. The van der Waals surface area contributed by atoms with Crippen LogP contribution in [-0.2, 0) is 16.2 Å². The molecular weight excluding hydrogens is 833 g/mol. The summed E-state index contributed by atoms with van der Waals surface area (Å²) in [6.07, 6.45) is 0. The summed E-state index contributed by atoms with van der Waals surface area (Å²) in [7, 11) is 0. The first-order valence-corrected chi connectivity index (χ1v) is 24.5. The maximum Gasteiger partial charge on any atom is 0.0727 e. The molecule has 0 unspecified atom stereocenters. The van der Waals surface area contributed by atoms with Crippen LogP contribution in [0.4, 0.5) is 17.1 Å². The van der Waals surface area contributed by atoms with Crippen molar-refractivity contribution in [1.82, 2.24) is 4.57 Å². The van der Waals surface area contributed by atoms with Crippen LogP contribution in [0.5, 0.6) is 0 Å². The van der Waals surface area contributed by atoms with Crippen LogP contribution in [0.15, 0.2) is 218 Å². The van der Waals surface area contributed by atoms with Gasteiger partial charge in [-0.05, 0) is 150 Å². The van der Waals surface area contributed by atoms with Gasteiger partial charge in [0.1, 0.15) is 0 Å². The maximum absolute atomic E-state index is 2.55. The molecule has 11 aromatic rings. The van der Waals surface area contributed by atoms with Crippen molar-refractivity contribution < 1.29 is 0 Å². The minimum Gasteiger partial charge on any atom is -0.310 e. The lowest BCUT2D eigenvalue weighted by atomic mass is 9.70. The lowest BCUT2D eigenvalue weighted by Crippen LogP contribution is -2.26. The summed E-state index contributed by atoms with van der Waals surface area (Å²) in [5.74, 6) is 0. The van der Waals surface area contributed by atoms with Gasteiger partial charge in [0.25, 0.3) is 0 Å². The number of aromatic nitrogens is 1. The van der Waals surface area contributed by atoms with E-state index >= 15 is 0 Å². The Morgan fingerprint density at radius 1 is 0.290 bits per heavy atom. The normalized spacial score (nSPS) is 15.3. The zero-order chi connectivity index (χ0) is 46.0. The van der Waals surface area contributed by atoms with Gasteiger partial charge in [0, 0.05) is 44.4 Å². The number of hydrogen-bond acceptors (Lipinski definition) is 1. The highest BCUT2D eigenvalue weighted by Gasteiger charge is 2.52. The number of benzene rings is 10. The van der Waals surface area contributed by atoms with E-state index in [0.29, 0.717) is 0 Å². The van der Waals surface area contributed by atoms with Gasteiger partial charge >= 0.3 is 0 Å². The summed E-state index contributed by atoms with van der Waals surface area (Å²) in [6.45, 7) is 9.56. The molecule has 0 fully saturated rings. The summed E-state index contributed by atoms with van der Waals surface area (Å²) in [4.78, 5) is 2.55. The van der Waals surface area contributed by atoms with Crippen molar-refractivity contribution in [2.75, 3.05) is 4.90 Å². The van der Waals surface area contributed by atoms with Gasteiger partial charge in [0.2, 0.25) is 0 Å². The lowest BCUT2D eigenvalue weighted by Gasteiger charge is -2.33. The lowest BCUT2D eigenvalue weighted by molar-refractivity contribution is 0.660. The first kappa shape index (κ1) is 38.9. The summed E-state index contributed by atoms with van der Waals surface area (Å²) in [5, 5.41) is 2.54. The number of hydrogen-bond donors (Lipinski definition) is 0. The van der Waals surface area contributed by atoms with Crippen LogP contribution in [0.3, 0.4) is 0 Å². The molecular formula is C67H48N2. The highest BCUT2D eigenvalue weighted by atomic mass is 15.1. The summed E-state index contributed by atoms with van der Waals surface area (Å²) >= 11 is 0. The maximum atomic E-state index is 2.55. The van der Waals surface area contributed by atoms with Crippen LogP contribution in [0.2, 0.25) is 0 Å². The van der Waals surface area contributed by atoms with Gasteiger partial charge < -0.3 is 9.47 Å². The molecule has 4 aliphatic rings. The Labute approximate surface area is 403 Å². The van der Waals surface area contributed by atoms with Crippen molar-refractivity contribution in [3.05, 3.63) is 263 Å². The third-order valence-electron chi connectivity index (χ3n) is 16.8. The van der Waals surface area contributed by atoms with E-state index in [2.05, 4.69) is 256 Å². The topological polar surface area (TPSA) is 8.17 Å². The van der Waals surface area contributed by atoms with Crippen LogP contribution in [-0.4, -0.2) is 4.57 Å². The Bertz CT molecular complexity index is 3840. The largest absolute Gasteiger partial charge is 0.310 e. The van der Waals surface area contributed by atoms with E-state index in [9.17, 15) is 0 Å². The number of nitrogens with zero attached hydrogens (tertiary/aromatic N) is 2. The van der Waals surface area contributed by atoms with E-state index in [1.54, 1.807) is 0 Å². The first-order chi connectivity index (χ1) is 33.7. The number of rotatable bonds is 4.